The molecule has 5 rings (SSSR count). The summed E-state index contributed by atoms with van der Waals surface area (Å²) in [7, 11) is 1.43. The normalized spacial score (nSPS) is 53.4. The summed E-state index contributed by atoms with van der Waals surface area (Å²) in [5.41, 5.74) is -2.79. The van der Waals surface area contributed by atoms with E-state index in [1.807, 2.05) is 20.8 Å². The van der Waals surface area contributed by atoms with Crippen LogP contribution >= 0.6 is 0 Å². The van der Waals surface area contributed by atoms with Crippen molar-refractivity contribution in [3.63, 3.8) is 0 Å². The van der Waals surface area contributed by atoms with E-state index < -0.39 is 59.0 Å². The average Bonchev–Trinajstić information content (AvgIpc) is 3.35. The van der Waals surface area contributed by atoms with Crippen LogP contribution in [-0.4, -0.2) is 83.2 Å². The first-order valence-electron chi connectivity index (χ1n) is 13.2. The van der Waals surface area contributed by atoms with Gasteiger partial charge in [0.05, 0.1) is 24.2 Å². The summed E-state index contributed by atoms with van der Waals surface area (Å²) in [4.78, 5) is 26.6. The maximum absolute atomic E-state index is 13.5. The molecule has 1 saturated heterocycles. The lowest BCUT2D eigenvalue weighted by atomic mass is 9.43. The second-order valence-corrected chi connectivity index (χ2v) is 12.3. The van der Waals surface area contributed by atoms with Gasteiger partial charge in [0.1, 0.15) is 30.0 Å². The van der Waals surface area contributed by atoms with Crippen LogP contribution < -0.4 is 0 Å². The fourth-order valence-corrected chi connectivity index (χ4v) is 9.31. The molecule has 13 atom stereocenters. The molecule has 36 heavy (non-hydrogen) atoms. The number of allylic oxidation sites excluding steroid dienone is 1. The zero-order chi connectivity index (χ0) is 26.4. The highest BCUT2D eigenvalue weighted by molar-refractivity contribution is 5.90. The summed E-state index contributed by atoms with van der Waals surface area (Å²) >= 11 is 0. The Morgan fingerprint density at radius 2 is 1.92 bits per heavy atom. The second kappa shape index (κ2) is 8.58. The van der Waals surface area contributed by atoms with Gasteiger partial charge >= 0.3 is 5.97 Å². The number of ether oxygens (including phenoxy) is 3. The Morgan fingerprint density at radius 3 is 2.50 bits per heavy atom. The maximum Gasteiger partial charge on any atom is 0.315 e. The minimum atomic E-state index is -1.47. The highest BCUT2D eigenvalue weighted by atomic mass is 16.7. The number of rotatable bonds is 7. The van der Waals surface area contributed by atoms with E-state index >= 15 is 0 Å². The molecule has 0 amide bonds. The van der Waals surface area contributed by atoms with E-state index in [-0.39, 0.29) is 36.2 Å². The summed E-state index contributed by atoms with van der Waals surface area (Å²) in [6.07, 6.45) is -1.37. The third-order valence-corrected chi connectivity index (χ3v) is 10.8. The van der Waals surface area contributed by atoms with Crippen LogP contribution in [0.2, 0.25) is 0 Å². The first-order chi connectivity index (χ1) is 16.9. The van der Waals surface area contributed by atoms with Crippen molar-refractivity contribution in [3.05, 3.63) is 11.6 Å². The highest BCUT2D eigenvalue weighted by Crippen LogP contribution is 2.82. The Bertz CT molecular complexity index is 950. The molecule has 0 aromatic rings. The summed E-state index contributed by atoms with van der Waals surface area (Å²) < 4.78 is 17.3. The molecule has 4 fully saturated rings. The Morgan fingerprint density at radius 1 is 1.22 bits per heavy atom. The number of hydrogen-bond acceptors (Lipinski definition) is 8. The van der Waals surface area contributed by atoms with Gasteiger partial charge in [0.15, 0.2) is 6.29 Å². The van der Waals surface area contributed by atoms with Crippen LogP contribution in [0.3, 0.4) is 0 Å². The van der Waals surface area contributed by atoms with Gasteiger partial charge < -0.3 is 39.4 Å². The standard InChI is InChI=1S/C27H40O9/c1-12(2)17-6-15-8-25(10-28)18-7-19(29)13(3)16(18)9-26(15,27(17,25)24(32)33)11-35-23-21(31)20(30)22(34-5)14(4)36-23/h6,10,12-16,18-23,29-31H,7-9,11H2,1-5H3,(H,32,33)/t13-,14-,15?,16?,18?,19?,20+,21-,22+,23-,25?,26?,27?/m1/s1. The van der Waals surface area contributed by atoms with Crippen molar-refractivity contribution >= 4 is 12.3 Å². The molecule has 202 valence electrons. The number of aliphatic carboxylic acids is 1. The van der Waals surface area contributed by atoms with Crippen LogP contribution in [0.4, 0.5) is 0 Å². The van der Waals surface area contributed by atoms with E-state index in [1.54, 1.807) is 6.92 Å². The lowest BCUT2D eigenvalue weighted by Gasteiger charge is -2.58. The van der Waals surface area contributed by atoms with E-state index in [1.165, 1.54) is 7.11 Å². The van der Waals surface area contributed by atoms with E-state index in [4.69, 9.17) is 14.2 Å². The number of aliphatic hydroxyl groups is 3. The minimum Gasteiger partial charge on any atom is -0.481 e. The number of carbonyl (C=O) groups is 2. The van der Waals surface area contributed by atoms with Crippen LogP contribution in [0.25, 0.3) is 0 Å². The number of hydrogen-bond donors (Lipinski definition) is 4. The van der Waals surface area contributed by atoms with Crippen molar-refractivity contribution in [1.29, 1.82) is 0 Å². The molecule has 0 aromatic heterocycles. The average molecular weight is 509 g/mol. The molecule has 4 N–H and O–H groups in total. The first-order valence-corrected chi connectivity index (χ1v) is 13.2. The van der Waals surface area contributed by atoms with E-state index in [2.05, 4.69) is 6.08 Å². The molecule has 4 aliphatic carbocycles. The third kappa shape index (κ3) is 2.93. The van der Waals surface area contributed by atoms with Crippen LogP contribution in [0.5, 0.6) is 0 Å². The van der Waals surface area contributed by atoms with Crippen LogP contribution in [0.1, 0.15) is 47.0 Å². The molecule has 5 aliphatic rings. The monoisotopic (exact) mass is 508 g/mol. The molecule has 0 radical (unpaired) electrons. The maximum atomic E-state index is 13.5. The van der Waals surface area contributed by atoms with Gasteiger partial charge in [-0.3, -0.25) is 4.79 Å². The van der Waals surface area contributed by atoms with Gasteiger partial charge in [-0.25, -0.2) is 0 Å². The van der Waals surface area contributed by atoms with Crippen LogP contribution in [0, 0.1) is 45.8 Å². The number of methoxy groups -OCH3 is 1. The van der Waals surface area contributed by atoms with Gasteiger partial charge in [-0.05, 0) is 55.8 Å². The van der Waals surface area contributed by atoms with Gasteiger partial charge in [0.25, 0.3) is 0 Å². The van der Waals surface area contributed by atoms with Gasteiger partial charge in [0.2, 0.25) is 0 Å². The molecule has 7 unspecified atom stereocenters. The zero-order valence-electron chi connectivity index (χ0n) is 21.7. The van der Waals surface area contributed by atoms with Gasteiger partial charge in [-0.15, -0.1) is 0 Å². The predicted molar refractivity (Wildman–Crippen MR) is 127 cm³/mol. The van der Waals surface area contributed by atoms with Crippen molar-refractivity contribution < 1.29 is 44.2 Å². The van der Waals surface area contributed by atoms with Crippen LogP contribution in [0.15, 0.2) is 11.6 Å². The molecule has 1 aliphatic heterocycles. The van der Waals surface area contributed by atoms with E-state index in [0.717, 1.165) is 11.9 Å². The lowest BCUT2D eigenvalue weighted by Crippen LogP contribution is -2.64. The number of carboxylic acids is 1. The van der Waals surface area contributed by atoms with Gasteiger partial charge in [-0.2, -0.15) is 0 Å². The summed E-state index contributed by atoms with van der Waals surface area (Å²) in [5, 5.41) is 43.1. The number of aldehydes is 1. The third-order valence-electron chi connectivity index (χ3n) is 10.8. The molecule has 0 spiro atoms. The van der Waals surface area contributed by atoms with Gasteiger partial charge in [0, 0.05) is 12.5 Å². The molecule has 9 nitrogen and oxygen atoms in total. The van der Waals surface area contributed by atoms with Crippen molar-refractivity contribution in [2.24, 2.45) is 45.8 Å². The molecule has 0 aromatic carbocycles. The Kier molecular flexibility index (Phi) is 6.26. The smallest absolute Gasteiger partial charge is 0.315 e. The predicted octanol–water partition coefficient (Wildman–Crippen LogP) is 1.38. The summed E-state index contributed by atoms with van der Waals surface area (Å²) in [6, 6.07) is 0. The second-order valence-electron chi connectivity index (χ2n) is 12.3. The Hall–Kier alpha value is -1.36. The number of fused-ring (bicyclic) bond motifs is 2. The van der Waals surface area contributed by atoms with E-state index in [0.29, 0.717) is 19.3 Å². The van der Waals surface area contributed by atoms with Crippen molar-refractivity contribution in [2.75, 3.05) is 13.7 Å². The SMILES string of the molecule is CO[C@@H]1[C@@H](O)[C@@H](O)[C@H](OCC23CC4C(CC(O)[C@@H]4C)C4(C=O)CC2C=C(C(C)C)C43C(=O)O)O[C@@H]1C. The Labute approximate surface area is 211 Å². The summed E-state index contributed by atoms with van der Waals surface area (Å²) in [5.74, 6) is -1.63. The van der Waals surface area contributed by atoms with Gasteiger partial charge in [-0.1, -0.05) is 32.4 Å². The number of carboxylic acid groups (broad SMARTS) is 1. The minimum absolute atomic E-state index is 0.0224. The van der Waals surface area contributed by atoms with E-state index in [9.17, 15) is 30.0 Å². The summed E-state index contributed by atoms with van der Waals surface area (Å²) in [6.45, 7) is 7.58. The Balaban J connectivity index is 1.58. The number of aliphatic hydroxyl groups excluding tert-OH is 3. The largest absolute Gasteiger partial charge is 0.481 e. The fourth-order valence-electron chi connectivity index (χ4n) is 9.31. The highest BCUT2D eigenvalue weighted by Gasteiger charge is 2.84. The fraction of sp³-hybridized carbons (Fsp3) is 0.852. The van der Waals surface area contributed by atoms with Crippen molar-refractivity contribution in [1.82, 2.24) is 0 Å². The molecule has 3 saturated carbocycles. The molecule has 4 bridgehead atoms. The first kappa shape index (κ1) is 26.3. The zero-order valence-corrected chi connectivity index (χ0v) is 21.7. The van der Waals surface area contributed by atoms with Crippen molar-refractivity contribution in [2.45, 2.75) is 83.8 Å². The molecular weight excluding hydrogens is 468 g/mol. The quantitative estimate of drug-likeness (QED) is 0.296. The number of carbonyl (C=O) groups excluding carboxylic acids is 1. The van der Waals surface area contributed by atoms with Crippen molar-refractivity contribution in [3.8, 4) is 0 Å². The molecule has 9 heteroatoms. The topological polar surface area (TPSA) is 143 Å². The molecule has 1 heterocycles. The molecular formula is C27H40O9. The van der Waals surface area contributed by atoms with Crippen LogP contribution in [-0.2, 0) is 23.8 Å². The lowest BCUT2D eigenvalue weighted by molar-refractivity contribution is -0.307.